The minimum atomic E-state index is 0.171. The Morgan fingerprint density at radius 2 is 2.00 bits per heavy atom. The third-order valence-corrected chi connectivity index (χ3v) is 2.54. The Balaban J connectivity index is 2.96. The maximum absolute atomic E-state index is 5.79. The van der Waals surface area contributed by atoms with E-state index < -0.39 is 0 Å². The van der Waals surface area contributed by atoms with E-state index in [0.29, 0.717) is 11.1 Å². The lowest BCUT2D eigenvalue weighted by Gasteiger charge is -2.25. The smallest absolute Gasteiger partial charge is 0.133 e. The summed E-state index contributed by atoms with van der Waals surface area (Å²) in [5.74, 6) is 1.13. The zero-order valence-corrected chi connectivity index (χ0v) is 9.26. The first-order valence-electron chi connectivity index (χ1n) is 4.39. The van der Waals surface area contributed by atoms with Crippen molar-refractivity contribution in [2.24, 2.45) is 5.41 Å². The van der Waals surface area contributed by atoms with E-state index in [1.54, 1.807) is 12.3 Å². The third-order valence-electron chi connectivity index (χ3n) is 2.33. The Hall–Kier alpha value is -0.630. The first-order chi connectivity index (χ1) is 5.91. The third kappa shape index (κ3) is 2.66. The summed E-state index contributed by atoms with van der Waals surface area (Å²) in [4.78, 5) is 8.40. The van der Waals surface area contributed by atoms with E-state index in [-0.39, 0.29) is 5.41 Å². The van der Waals surface area contributed by atoms with Gasteiger partial charge in [0, 0.05) is 12.1 Å². The predicted molar refractivity (Wildman–Crippen MR) is 54.9 cm³/mol. The van der Waals surface area contributed by atoms with Gasteiger partial charge in [0.1, 0.15) is 11.0 Å². The summed E-state index contributed by atoms with van der Waals surface area (Å²) in [5.41, 5.74) is 0.171. The summed E-state index contributed by atoms with van der Waals surface area (Å²) < 4.78 is 0. The van der Waals surface area contributed by atoms with E-state index in [1.165, 1.54) is 0 Å². The van der Waals surface area contributed by atoms with E-state index >= 15 is 0 Å². The maximum atomic E-state index is 5.79. The maximum Gasteiger partial charge on any atom is 0.133 e. The van der Waals surface area contributed by atoms with Crippen LogP contribution in [-0.4, -0.2) is 9.97 Å². The lowest BCUT2D eigenvalue weighted by Crippen LogP contribution is -2.17. The minimum Gasteiger partial charge on any atom is -0.241 e. The fourth-order valence-corrected chi connectivity index (χ4v) is 1.09. The van der Waals surface area contributed by atoms with Crippen LogP contribution >= 0.6 is 11.6 Å². The summed E-state index contributed by atoms with van der Waals surface area (Å²) >= 11 is 5.79. The first-order valence-corrected chi connectivity index (χ1v) is 4.77. The highest BCUT2D eigenvalue weighted by Gasteiger charge is 2.23. The SMILES string of the molecule is CC(c1nccc(Cl)n1)C(C)(C)C. The summed E-state index contributed by atoms with van der Waals surface area (Å²) in [6.45, 7) is 8.62. The number of hydrogen-bond acceptors (Lipinski definition) is 2. The lowest BCUT2D eigenvalue weighted by molar-refractivity contribution is 0.328. The van der Waals surface area contributed by atoms with E-state index in [2.05, 4.69) is 37.7 Å². The highest BCUT2D eigenvalue weighted by atomic mass is 35.5. The molecule has 0 saturated heterocycles. The summed E-state index contributed by atoms with van der Waals surface area (Å²) in [6, 6.07) is 1.69. The van der Waals surface area contributed by atoms with Gasteiger partial charge in [0.15, 0.2) is 0 Å². The molecule has 0 radical (unpaired) electrons. The molecular weight excluding hydrogens is 184 g/mol. The fourth-order valence-electron chi connectivity index (χ4n) is 0.947. The summed E-state index contributed by atoms with van der Waals surface area (Å²) in [5, 5.41) is 0.515. The minimum absolute atomic E-state index is 0.171. The Kier molecular flexibility index (Phi) is 2.91. The van der Waals surface area contributed by atoms with Crippen molar-refractivity contribution in [2.45, 2.75) is 33.6 Å². The Bertz CT molecular complexity index is 291. The summed E-state index contributed by atoms with van der Waals surface area (Å²) in [6.07, 6.45) is 1.70. The van der Waals surface area contributed by atoms with Crippen LogP contribution in [0.25, 0.3) is 0 Å². The molecule has 3 heteroatoms. The van der Waals surface area contributed by atoms with Crippen LogP contribution in [0.15, 0.2) is 12.3 Å². The second-order valence-electron chi connectivity index (χ2n) is 4.33. The number of rotatable bonds is 1. The molecule has 0 aliphatic carbocycles. The largest absolute Gasteiger partial charge is 0.241 e. The topological polar surface area (TPSA) is 25.8 Å². The first kappa shape index (κ1) is 10.5. The normalized spacial score (nSPS) is 14.2. The highest BCUT2D eigenvalue weighted by molar-refractivity contribution is 6.29. The van der Waals surface area contributed by atoms with Crippen LogP contribution in [0, 0.1) is 5.41 Å². The van der Waals surface area contributed by atoms with E-state index in [0.717, 1.165) is 5.82 Å². The van der Waals surface area contributed by atoms with Crippen LogP contribution in [0.3, 0.4) is 0 Å². The van der Waals surface area contributed by atoms with Gasteiger partial charge in [-0.15, -0.1) is 0 Å². The van der Waals surface area contributed by atoms with Gasteiger partial charge in [0.05, 0.1) is 0 Å². The van der Waals surface area contributed by atoms with Crippen LogP contribution in [0.1, 0.15) is 39.4 Å². The highest BCUT2D eigenvalue weighted by Crippen LogP contribution is 2.32. The molecule has 1 atom stereocenters. The van der Waals surface area contributed by atoms with Crippen LogP contribution < -0.4 is 0 Å². The van der Waals surface area contributed by atoms with Crippen molar-refractivity contribution >= 4 is 11.6 Å². The predicted octanol–water partition coefficient (Wildman–Crippen LogP) is 3.28. The molecule has 0 saturated carbocycles. The average molecular weight is 199 g/mol. The van der Waals surface area contributed by atoms with Crippen molar-refractivity contribution in [3.8, 4) is 0 Å². The molecule has 72 valence electrons. The van der Waals surface area contributed by atoms with Crippen molar-refractivity contribution < 1.29 is 0 Å². The van der Waals surface area contributed by atoms with Gasteiger partial charge in [0.25, 0.3) is 0 Å². The molecule has 0 amide bonds. The quantitative estimate of drug-likeness (QED) is 0.648. The van der Waals surface area contributed by atoms with Crippen LogP contribution in [0.5, 0.6) is 0 Å². The average Bonchev–Trinajstić information content (AvgIpc) is 2.01. The van der Waals surface area contributed by atoms with Crippen molar-refractivity contribution in [2.75, 3.05) is 0 Å². The van der Waals surface area contributed by atoms with Gasteiger partial charge in [-0.05, 0) is 11.5 Å². The van der Waals surface area contributed by atoms with Crippen LogP contribution in [-0.2, 0) is 0 Å². The number of nitrogens with zero attached hydrogens (tertiary/aromatic N) is 2. The molecule has 13 heavy (non-hydrogen) atoms. The molecule has 2 nitrogen and oxygen atoms in total. The molecule has 1 heterocycles. The molecule has 0 aromatic carbocycles. The lowest BCUT2D eigenvalue weighted by atomic mass is 9.81. The molecule has 0 bridgehead atoms. The molecule has 1 unspecified atom stereocenters. The Morgan fingerprint density at radius 1 is 1.38 bits per heavy atom. The van der Waals surface area contributed by atoms with Crippen molar-refractivity contribution in [1.29, 1.82) is 0 Å². The number of aromatic nitrogens is 2. The second kappa shape index (κ2) is 3.62. The molecular formula is C10H15ClN2. The zero-order chi connectivity index (χ0) is 10.1. The standard InChI is InChI=1S/C10H15ClN2/c1-7(10(2,3)4)9-12-6-5-8(11)13-9/h5-7H,1-4H3. The van der Waals surface area contributed by atoms with Crippen LogP contribution in [0.2, 0.25) is 5.15 Å². The zero-order valence-electron chi connectivity index (χ0n) is 8.50. The van der Waals surface area contributed by atoms with Gasteiger partial charge in [0.2, 0.25) is 0 Å². The van der Waals surface area contributed by atoms with Gasteiger partial charge >= 0.3 is 0 Å². The van der Waals surface area contributed by atoms with Gasteiger partial charge in [-0.25, -0.2) is 9.97 Å². The molecule has 0 aliphatic rings. The summed E-state index contributed by atoms with van der Waals surface area (Å²) in [7, 11) is 0. The number of halogens is 1. The van der Waals surface area contributed by atoms with Gasteiger partial charge in [-0.2, -0.15) is 0 Å². The van der Waals surface area contributed by atoms with Gasteiger partial charge < -0.3 is 0 Å². The van der Waals surface area contributed by atoms with Crippen molar-refractivity contribution in [1.82, 2.24) is 9.97 Å². The monoisotopic (exact) mass is 198 g/mol. The Morgan fingerprint density at radius 3 is 2.46 bits per heavy atom. The van der Waals surface area contributed by atoms with Crippen molar-refractivity contribution in [3.05, 3.63) is 23.2 Å². The van der Waals surface area contributed by atoms with E-state index in [9.17, 15) is 0 Å². The molecule has 0 N–H and O–H groups in total. The Labute approximate surface area is 84.4 Å². The second-order valence-corrected chi connectivity index (χ2v) is 4.71. The molecule has 0 aliphatic heterocycles. The molecule has 1 aromatic heterocycles. The molecule has 0 spiro atoms. The molecule has 1 rings (SSSR count). The van der Waals surface area contributed by atoms with Gasteiger partial charge in [-0.3, -0.25) is 0 Å². The molecule has 1 aromatic rings. The fraction of sp³-hybridized carbons (Fsp3) is 0.600. The van der Waals surface area contributed by atoms with Crippen molar-refractivity contribution in [3.63, 3.8) is 0 Å². The van der Waals surface area contributed by atoms with E-state index in [4.69, 9.17) is 11.6 Å². The van der Waals surface area contributed by atoms with Crippen LogP contribution in [0.4, 0.5) is 0 Å². The van der Waals surface area contributed by atoms with E-state index in [1.807, 2.05) is 0 Å². The van der Waals surface area contributed by atoms with Gasteiger partial charge in [-0.1, -0.05) is 39.3 Å². The number of hydrogen-bond donors (Lipinski definition) is 0. The molecule has 0 fully saturated rings.